The molecule has 1 N–H and O–H groups in total. The van der Waals surface area contributed by atoms with Crippen LogP contribution in [-0.4, -0.2) is 23.1 Å². The predicted octanol–water partition coefficient (Wildman–Crippen LogP) is 2.45. The molecule has 18 heavy (non-hydrogen) atoms. The lowest BCUT2D eigenvalue weighted by Gasteiger charge is -2.39. The van der Waals surface area contributed by atoms with Crippen LogP contribution in [0.4, 0.5) is 0 Å². The molecule has 2 aliphatic rings. The van der Waals surface area contributed by atoms with Gasteiger partial charge in [-0.25, -0.2) is 0 Å². The second-order valence-electron chi connectivity index (χ2n) is 6.15. The van der Waals surface area contributed by atoms with Crippen LogP contribution >= 0.6 is 15.9 Å². The lowest BCUT2D eigenvalue weighted by molar-refractivity contribution is -0.135. The van der Waals surface area contributed by atoms with Gasteiger partial charge in [0.25, 0.3) is 0 Å². The Morgan fingerprint density at radius 2 is 2.11 bits per heavy atom. The molecule has 0 aromatic rings. The molecule has 0 aliphatic heterocycles. The number of hydrogen-bond acceptors (Lipinski definition) is 2. The number of fused-ring (bicyclic) bond motifs is 2. The number of ketones is 1. The Hall–Kier alpha value is -0.640. The molecule has 2 saturated carbocycles. The van der Waals surface area contributed by atoms with Crippen molar-refractivity contribution in [1.29, 1.82) is 0 Å². The van der Waals surface area contributed by atoms with E-state index < -0.39 is 10.8 Å². The van der Waals surface area contributed by atoms with E-state index in [0.717, 1.165) is 12.8 Å². The van der Waals surface area contributed by atoms with Gasteiger partial charge in [-0.1, -0.05) is 42.8 Å². The Morgan fingerprint density at radius 3 is 2.56 bits per heavy atom. The van der Waals surface area contributed by atoms with Crippen molar-refractivity contribution in [2.75, 3.05) is 6.54 Å². The summed E-state index contributed by atoms with van der Waals surface area (Å²) in [6, 6.07) is 0. The van der Waals surface area contributed by atoms with Crippen molar-refractivity contribution in [3.05, 3.63) is 12.7 Å². The van der Waals surface area contributed by atoms with Crippen LogP contribution < -0.4 is 5.32 Å². The van der Waals surface area contributed by atoms with Crippen molar-refractivity contribution in [3.63, 3.8) is 0 Å². The van der Waals surface area contributed by atoms with Crippen LogP contribution in [0.15, 0.2) is 12.7 Å². The van der Waals surface area contributed by atoms with Crippen molar-refractivity contribution in [2.45, 2.75) is 38.4 Å². The van der Waals surface area contributed by atoms with Crippen molar-refractivity contribution < 1.29 is 9.59 Å². The molecule has 0 aromatic carbocycles. The largest absolute Gasteiger partial charge is 0.352 e. The summed E-state index contributed by atoms with van der Waals surface area (Å²) in [6.07, 6.45) is 3.22. The van der Waals surface area contributed by atoms with Crippen LogP contribution in [0.5, 0.6) is 0 Å². The number of amides is 1. The zero-order valence-electron chi connectivity index (χ0n) is 11.2. The summed E-state index contributed by atoms with van der Waals surface area (Å²) in [5.41, 5.74) is -1.34. The minimum absolute atomic E-state index is 0.0242. The molecular weight excluding hydrogens is 294 g/mol. The summed E-state index contributed by atoms with van der Waals surface area (Å²) < 4.78 is 0. The highest BCUT2D eigenvalue weighted by Crippen LogP contribution is 2.72. The number of alkyl halides is 1. The molecule has 2 fully saturated rings. The average Bonchev–Trinajstić information content (AvgIpc) is 2.59. The molecule has 3 atom stereocenters. The SMILES string of the molecule is C=CCNC(=O)[C@@]12CC[C@@](C)(C(=O)[C@@H]1Br)C2(C)C. The van der Waals surface area contributed by atoms with Crippen LogP contribution in [0.25, 0.3) is 0 Å². The van der Waals surface area contributed by atoms with Crippen molar-refractivity contribution in [3.8, 4) is 0 Å². The second kappa shape index (κ2) is 3.92. The minimum Gasteiger partial charge on any atom is -0.352 e. The number of nitrogens with one attached hydrogen (secondary N) is 1. The molecule has 2 aliphatic carbocycles. The van der Waals surface area contributed by atoms with Crippen LogP contribution in [0.2, 0.25) is 0 Å². The molecule has 2 bridgehead atoms. The molecule has 0 radical (unpaired) electrons. The van der Waals surface area contributed by atoms with E-state index in [1.54, 1.807) is 6.08 Å². The van der Waals surface area contributed by atoms with E-state index in [-0.39, 0.29) is 21.9 Å². The lowest BCUT2D eigenvalue weighted by Crippen LogP contribution is -2.50. The molecule has 0 spiro atoms. The van der Waals surface area contributed by atoms with Crippen molar-refractivity contribution in [1.82, 2.24) is 5.32 Å². The highest BCUT2D eigenvalue weighted by molar-refractivity contribution is 9.10. The molecule has 0 unspecified atom stereocenters. The number of Topliss-reactive ketones (excluding diaryl/α,β-unsaturated/α-hetero) is 1. The Labute approximate surface area is 117 Å². The van der Waals surface area contributed by atoms with Gasteiger partial charge in [-0.05, 0) is 18.3 Å². The number of carbonyl (C=O) groups is 2. The third-order valence-electron chi connectivity index (χ3n) is 5.53. The third-order valence-corrected chi connectivity index (χ3v) is 6.73. The van der Waals surface area contributed by atoms with Gasteiger partial charge in [-0.2, -0.15) is 0 Å². The van der Waals surface area contributed by atoms with E-state index in [1.165, 1.54) is 0 Å². The second-order valence-corrected chi connectivity index (χ2v) is 7.07. The Kier molecular flexibility index (Phi) is 3.01. The van der Waals surface area contributed by atoms with E-state index in [1.807, 2.05) is 20.8 Å². The maximum Gasteiger partial charge on any atom is 0.228 e. The first-order valence-electron chi connectivity index (χ1n) is 6.33. The van der Waals surface area contributed by atoms with E-state index in [0.29, 0.717) is 6.54 Å². The Balaban J connectivity index is 2.46. The fraction of sp³-hybridized carbons (Fsp3) is 0.714. The molecule has 0 saturated heterocycles. The molecule has 2 rings (SSSR count). The fourth-order valence-electron chi connectivity index (χ4n) is 3.78. The van der Waals surface area contributed by atoms with Crippen LogP contribution in [0.1, 0.15) is 33.6 Å². The highest BCUT2D eigenvalue weighted by atomic mass is 79.9. The monoisotopic (exact) mass is 313 g/mol. The summed E-state index contributed by atoms with van der Waals surface area (Å²) in [6.45, 7) is 10.2. The van der Waals surface area contributed by atoms with Crippen LogP contribution in [0.3, 0.4) is 0 Å². The first-order valence-corrected chi connectivity index (χ1v) is 7.25. The van der Waals surface area contributed by atoms with Gasteiger partial charge in [-0.15, -0.1) is 6.58 Å². The maximum absolute atomic E-state index is 12.6. The number of halogens is 1. The Bertz CT molecular complexity index is 432. The van der Waals surface area contributed by atoms with Crippen LogP contribution in [0, 0.1) is 16.2 Å². The summed E-state index contributed by atoms with van der Waals surface area (Å²) in [7, 11) is 0. The molecule has 100 valence electrons. The van der Waals surface area contributed by atoms with Gasteiger partial charge in [0.15, 0.2) is 5.78 Å². The summed E-state index contributed by atoms with van der Waals surface area (Å²) in [5.74, 6) is 0.149. The van der Waals surface area contributed by atoms with Gasteiger partial charge in [0.1, 0.15) is 0 Å². The summed E-state index contributed by atoms with van der Waals surface area (Å²) in [5, 5.41) is 2.88. The topological polar surface area (TPSA) is 46.2 Å². The maximum atomic E-state index is 12.6. The predicted molar refractivity (Wildman–Crippen MR) is 74.5 cm³/mol. The van der Waals surface area contributed by atoms with E-state index in [2.05, 4.69) is 27.8 Å². The van der Waals surface area contributed by atoms with Gasteiger partial charge in [0, 0.05) is 12.0 Å². The van der Waals surface area contributed by atoms with Crippen molar-refractivity contribution >= 4 is 27.6 Å². The van der Waals surface area contributed by atoms with Gasteiger partial charge in [0.2, 0.25) is 5.91 Å². The first kappa shape index (κ1) is 13.8. The fourth-order valence-corrected chi connectivity index (χ4v) is 5.29. The third kappa shape index (κ3) is 1.25. The van der Waals surface area contributed by atoms with Gasteiger partial charge in [0.05, 0.1) is 10.2 Å². The van der Waals surface area contributed by atoms with Gasteiger partial charge >= 0.3 is 0 Å². The van der Waals surface area contributed by atoms with E-state index in [4.69, 9.17) is 0 Å². The molecule has 4 heteroatoms. The highest BCUT2D eigenvalue weighted by Gasteiger charge is 2.76. The molecule has 0 aromatic heterocycles. The van der Waals surface area contributed by atoms with Gasteiger partial charge in [-0.3, -0.25) is 9.59 Å². The van der Waals surface area contributed by atoms with Gasteiger partial charge < -0.3 is 5.32 Å². The van der Waals surface area contributed by atoms with E-state index in [9.17, 15) is 9.59 Å². The number of hydrogen-bond donors (Lipinski definition) is 1. The lowest BCUT2D eigenvalue weighted by atomic mass is 9.64. The molecule has 0 heterocycles. The smallest absolute Gasteiger partial charge is 0.228 e. The molecular formula is C14H20BrNO2. The normalized spacial score (nSPS) is 40.9. The molecule has 1 amide bonds. The Morgan fingerprint density at radius 1 is 1.50 bits per heavy atom. The average molecular weight is 314 g/mol. The van der Waals surface area contributed by atoms with Crippen molar-refractivity contribution in [2.24, 2.45) is 16.2 Å². The zero-order valence-corrected chi connectivity index (χ0v) is 12.8. The number of carbonyl (C=O) groups excluding carboxylic acids is 2. The zero-order chi connectivity index (χ0) is 13.8. The first-order chi connectivity index (χ1) is 8.25. The standard InChI is InChI=1S/C14H20BrNO2/c1-5-8-16-11(18)14-7-6-13(4,12(14,2)3)10(17)9(14)15/h5,9H,1,6-8H2,2-4H3,(H,16,18)/t9-,13-,14+/m0/s1. The number of rotatable bonds is 3. The quantitative estimate of drug-likeness (QED) is 0.642. The van der Waals surface area contributed by atoms with Crippen LogP contribution in [-0.2, 0) is 9.59 Å². The van der Waals surface area contributed by atoms with E-state index >= 15 is 0 Å². The molecule has 3 nitrogen and oxygen atoms in total. The summed E-state index contributed by atoms with van der Waals surface area (Å²) in [4.78, 5) is 24.6. The minimum atomic E-state index is -0.623. The summed E-state index contributed by atoms with van der Waals surface area (Å²) >= 11 is 3.49.